The normalized spacial score (nSPS) is 12.6. The highest BCUT2D eigenvalue weighted by Crippen LogP contribution is 2.38. The van der Waals surface area contributed by atoms with Crippen LogP contribution in [0, 0.1) is 18.3 Å². The van der Waals surface area contributed by atoms with Gasteiger partial charge in [-0.25, -0.2) is 4.98 Å². The molecule has 1 heterocycles. The van der Waals surface area contributed by atoms with E-state index in [0.717, 1.165) is 41.3 Å². The van der Waals surface area contributed by atoms with Crippen LogP contribution >= 0.6 is 11.8 Å². The summed E-state index contributed by atoms with van der Waals surface area (Å²) in [4.78, 5) is 5.00. The number of hydrogen-bond acceptors (Lipinski definition) is 3. The van der Waals surface area contributed by atoms with Gasteiger partial charge in [-0.1, -0.05) is 54.6 Å². The van der Waals surface area contributed by atoms with E-state index in [1.807, 2.05) is 6.07 Å². The van der Waals surface area contributed by atoms with Crippen molar-refractivity contribution in [3.05, 3.63) is 82.4 Å². The maximum Gasteiger partial charge on any atom is 0.115 e. The average Bonchev–Trinajstić information content (AvgIpc) is 3.16. The fourth-order valence-corrected chi connectivity index (χ4v) is 4.61. The number of thioether (sulfide) groups is 1. The van der Waals surface area contributed by atoms with E-state index in [-0.39, 0.29) is 0 Å². The van der Waals surface area contributed by atoms with Gasteiger partial charge in [0.25, 0.3) is 0 Å². The molecule has 0 atom stereocenters. The fourth-order valence-electron chi connectivity index (χ4n) is 3.64. The fraction of sp³-hybridized carbons (Fsp3) is 0.217. The van der Waals surface area contributed by atoms with Gasteiger partial charge in [0.2, 0.25) is 0 Å². The number of nitriles is 1. The minimum absolute atomic E-state index is 0.788. The first-order chi connectivity index (χ1) is 12.8. The van der Waals surface area contributed by atoms with Crippen molar-refractivity contribution in [1.82, 2.24) is 4.98 Å². The number of benzene rings is 2. The van der Waals surface area contributed by atoms with Crippen LogP contribution in [-0.2, 0) is 18.6 Å². The third kappa shape index (κ3) is 3.13. The summed E-state index contributed by atoms with van der Waals surface area (Å²) in [5, 5.41) is 10.7. The van der Waals surface area contributed by atoms with Gasteiger partial charge in [0.15, 0.2) is 0 Å². The largest absolute Gasteiger partial charge is 0.240 e. The molecule has 3 aromatic rings. The minimum atomic E-state index is 0.788. The number of nitrogens with zero attached hydrogens (tertiary/aromatic N) is 2. The monoisotopic (exact) mass is 356 g/mol. The molecule has 128 valence electrons. The molecular formula is C23H20N2S. The number of fused-ring (bicyclic) bond motifs is 1. The van der Waals surface area contributed by atoms with Gasteiger partial charge < -0.3 is 0 Å². The van der Waals surface area contributed by atoms with Gasteiger partial charge >= 0.3 is 0 Å². The lowest BCUT2D eigenvalue weighted by Gasteiger charge is -2.15. The van der Waals surface area contributed by atoms with Crippen molar-refractivity contribution >= 4 is 11.8 Å². The molecule has 2 aromatic carbocycles. The van der Waals surface area contributed by atoms with Gasteiger partial charge in [0.1, 0.15) is 11.1 Å². The Morgan fingerprint density at radius 1 is 1.00 bits per heavy atom. The number of aryl methyl sites for hydroxylation is 1. The molecule has 1 aliphatic carbocycles. The maximum atomic E-state index is 9.79. The van der Waals surface area contributed by atoms with Gasteiger partial charge in [0.05, 0.1) is 11.3 Å². The van der Waals surface area contributed by atoms with Gasteiger partial charge in [-0.05, 0) is 48.4 Å². The number of rotatable bonds is 4. The molecule has 0 aliphatic heterocycles. The van der Waals surface area contributed by atoms with Crippen LogP contribution in [0.15, 0.2) is 59.6 Å². The summed E-state index contributed by atoms with van der Waals surface area (Å²) < 4.78 is 0. The topological polar surface area (TPSA) is 36.7 Å². The Morgan fingerprint density at radius 2 is 1.73 bits per heavy atom. The van der Waals surface area contributed by atoms with Crippen LogP contribution in [0.4, 0.5) is 0 Å². The van der Waals surface area contributed by atoms with E-state index in [9.17, 15) is 5.26 Å². The SMILES string of the molecule is Cc1ccccc1-c1nc(SCc2ccccc2)c(C#N)c2c1CCC2. The van der Waals surface area contributed by atoms with E-state index >= 15 is 0 Å². The number of hydrogen-bond donors (Lipinski definition) is 0. The number of aromatic nitrogens is 1. The molecule has 1 aromatic heterocycles. The average molecular weight is 356 g/mol. The molecule has 2 nitrogen and oxygen atoms in total. The molecule has 26 heavy (non-hydrogen) atoms. The van der Waals surface area contributed by atoms with Gasteiger partial charge in [-0.2, -0.15) is 5.26 Å². The van der Waals surface area contributed by atoms with E-state index in [0.29, 0.717) is 0 Å². The van der Waals surface area contributed by atoms with E-state index < -0.39 is 0 Å². The van der Waals surface area contributed by atoms with Crippen LogP contribution in [0.5, 0.6) is 0 Å². The van der Waals surface area contributed by atoms with Crippen LogP contribution in [0.3, 0.4) is 0 Å². The maximum absolute atomic E-state index is 9.79. The summed E-state index contributed by atoms with van der Waals surface area (Å²) in [5.74, 6) is 0.828. The Labute approximate surface area is 158 Å². The second-order valence-electron chi connectivity index (χ2n) is 6.65. The highest BCUT2D eigenvalue weighted by atomic mass is 32.2. The summed E-state index contributed by atoms with van der Waals surface area (Å²) in [6.07, 6.45) is 3.11. The lowest BCUT2D eigenvalue weighted by molar-refractivity contribution is 0.910. The molecule has 1 aliphatic rings. The Morgan fingerprint density at radius 3 is 2.50 bits per heavy atom. The van der Waals surface area contributed by atoms with Crippen molar-refractivity contribution in [1.29, 1.82) is 5.26 Å². The molecule has 0 bridgehead atoms. The molecule has 3 heteroatoms. The highest BCUT2D eigenvalue weighted by molar-refractivity contribution is 7.98. The van der Waals surface area contributed by atoms with Gasteiger partial charge in [0, 0.05) is 11.3 Å². The first-order valence-electron chi connectivity index (χ1n) is 8.96. The van der Waals surface area contributed by atoms with Crippen LogP contribution < -0.4 is 0 Å². The third-order valence-electron chi connectivity index (χ3n) is 4.96. The summed E-state index contributed by atoms with van der Waals surface area (Å²) in [6, 6.07) is 21.2. The molecule has 0 saturated carbocycles. The summed E-state index contributed by atoms with van der Waals surface area (Å²) in [7, 11) is 0. The van der Waals surface area contributed by atoms with Crippen molar-refractivity contribution in [2.75, 3.05) is 0 Å². The van der Waals surface area contributed by atoms with E-state index in [4.69, 9.17) is 4.98 Å². The smallest absolute Gasteiger partial charge is 0.115 e. The third-order valence-corrected chi connectivity index (χ3v) is 6.01. The molecule has 0 radical (unpaired) electrons. The standard InChI is InChI=1S/C23H20N2S/c1-16-8-5-6-11-18(16)22-20-13-7-12-19(20)21(14-24)23(25-22)26-15-17-9-3-2-4-10-17/h2-6,8-11H,7,12-13,15H2,1H3. The Bertz CT molecular complexity index is 987. The molecule has 0 saturated heterocycles. The lowest BCUT2D eigenvalue weighted by atomic mass is 9.97. The van der Waals surface area contributed by atoms with Crippen molar-refractivity contribution in [3.8, 4) is 17.3 Å². The summed E-state index contributed by atoms with van der Waals surface area (Å²) >= 11 is 1.67. The Kier molecular flexibility index (Phi) is 4.77. The van der Waals surface area contributed by atoms with Crippen LogP contribution in [0.1, 0.15) is 34.2 Å². The molecule has 0 N–H and O–H groups in total. The predicted octanol–water partition coefficient (Wildman–Crippen LogP) is 5.71. The molecule has 0 fully saturated rings. The zero-order chi connectivity index (χ0) is 17.9. The van der Waals surface area contributed by atoms with Gasteiger partial charge in [-0.3, -0.25) is 0 Å². The molecule has 0 spiro atoms. The predicted molar refractivity (Wildman–Crippen MR) is 107 cm³/mol. The minimum Gasteiger partial charge on any atom is -0.240 e. The van der Waals surface area contributed by atoms with Crippen LogP contribution in [0.25, 0.3) is 11.3 Å². The summed E-state index contributed by atoms with van der Waals surface area (Å²) in [5.41, 5.74) is 8.04. The zero-order valence-corrected chi connectivity index (χ0v) is 15.6. The van der Waals surface area contributed by atoms with Crippen molar-refractivity contribution < 1.29 is 0 Å². The highest BCUT2D eigenvalue weighted by Gasteiger charge is 2.24. The van der Waals surface area contributed by atoms with E-state index in [2.05, 4.69) is 61.5 Å². The van der Waals surface area contributed by atoms with Gasteiger partial charge in [-0.15, -0.1) is 11.8 Å². The zero-order valence-electron chi connectivity index (χ0n) is 14.8. The molecular weight excluding hydrogens is 336 g/mol. The van der Waals surface area contributed by atoms with Crippen molar-refractivity contribution in [3.63, 3.8) is 0 Å². The van der Waals surface area contributed by atoms with Crippen molar-refractivity contribution in [2.45, 2.75) is 37.0 Å². The van der Waals surface area contributed by atoms with E-state index in [1.165, 1.54) is 27.8 Å². The lowest BCUT2D eigenvalue weighted by Crippen LogP contribution is -2.01. The number of pyridine rings is 1. The second kappa shape index (κ2) is 7.35. The molecule has 4 rings (SSSR count). The van der Waals surface area contributed by atoms with Crippen molar-refractivity contribution in [2.24, 2.45) is 0 Å². The second-order valence-corrected chi connectivity index (χ2v) is 7.62. The Balaban J connectivity index is 1.80. The van der Waals surface area contributed by atoms with E-state index in [1.54, 1.807) is 11.8 Å². The van der Waals surface area contributed by atoms with Crippen LogP contribution in [0.2, 0.25) is 0 Å². The quantitative estimate of drug-likeness (QED) is 0.562. The first-order valence-corrected chi connectivity index (χ1v) is 9.95. The molecule has 0 unspecified atom stereocenters. The summed E-state index contributed by atoms with van der Waals surface area (Å²) in [6.45, 7) is 2.13. The molecule has 0 amide bonds. The Hall–Kier alpha value is -2.57. The first kappa shape index (κ1) is 16.9. The van der Waals surface area contributed by atoms with Crippen LogP contribution in [-0.4, -0.2) is 4.98 Å².